The van der Waals surface area contributed by atoms with Gasteiger partial charge in [0.2, 0.25) is 0 Å². The standard InChI is InChI=1S/C15H23BN2O4/c1-14(2)15(3,4)22-16(21-14)11-8-17-13(18-9-11)20-10-12-6-5-7-19-12/h8-9,12H,5-7,10H2,1-4H3. The van der Waals surface area contributed by atoms with E-state index in [0.717, 1.165) is 24.9 Å². The first-order valence-electron chi connectivity index (χ1n) is 7.79. The van der Waals surface area contributed by atoms with E-state index in [1.807, 2.05) is 27.7 Å². The summed E-state index contributed by atoms with van der Waals surface area (Å²) in [6, 6.07) is 0.357. The van der Waals surface area contributed by atoms with E-state index >= 15 is 0 Å². The van der Waals surface area contributed by atoms with Crippen LogP contribution in [0.15, 0.2) is 12.4 Å². The Morgan fingerprint density at radius 1 is 1.18 bits per heavy atom. The molecule has 3 heterocycles. The molecule has 0 saturated carbocycles. The van der Waals surface area contributed by atoms with Crippen LogP contribution < -0.4 is 10.2 Å². The van der Waals surface area contributed by atoms with Crippen LogP contribution in [0.3, 0.4) is 0 Å². The Kier molecular flexibility index (Phi) is 4.14. The second-order valence-corrected chi connectivity index (χ2v) is 6.83. The van der Waals surface area contributed by atoms with Gasteiger partial charge >= 0.3 is 13.1 Å². The van der Waals surface area contributed by atoms with Gasteiger partial charge in [0, 0.05) is 24.5 Å². The molecular formula is C15H23BN2O4. The van der Waals surface area contributed by atoms with Gasteiger partial charge in [-0.15, -0.1) is 0 Å². The Morgan fingerprint density at radius 3 is 2.36 bits per heavy atom. The Bertz CT molecular complexity index is 499. The molecule has 0 aliphatic carbocycles. The molecule has 0 bridgehead atoms. The lowest BCUT2D eigenvalue weighted by Crippen LogP contribution is -2.41. The molecule has 1 aromatic rings. The summed E-state index contributed by atoms with van der Waals surface area (Å²) >= 11 is 0. The lowest BCUT2D eigenvalue weighted by Gasteiger charge is -2.32. The lowest BCUT2D eigenvalue weighted by atomic mass is 9.81. The third-order valence-corrected chi connectivity index (χ3v) is 4.60. The minimum Gasteiger partial charge on any atom is -0.461 e. The van der Waals surface area contributed by atoms with Crippen LogP contribution >= 0.6 is 0 Å². The van der Waals surface area contributed by atoms with Crippen LogP contribution in [0.25, 0.3) is 0 Å². The normalized spacial score (nSPS) is 26.4. The molecule has 0 radical (unpaired) electrons. The van der Waals surface area contributed by atoms with Gasteiger partial charge in [-0.05, 0) is 40.5 Å². The average molecular weight is 306 g/mol. The predicted molar refractivity (Wildman–Crippen MR) is 82.2 cm³/mol. The first kappa shape index (κ1) is 15.7. The summed E-state index contributed by atoms with van der Waals surface area (Å²) in [5.74, 6) is 0. The van der Waals surface area contributed by atoms with E-state index in [0.29, 0.717) is 12.6 Å². The van der Waals surface area contributed by atoms with E-state index in [1.54, 1.807) is 12.4 Å². The maximum atomic E-state index is 5.97. The molecule has 1 atom stereocenters. The van der Waals surface area contributed by atoms with E-state index in [-0.39, 0.29) is 17.3 Å². The topological polar surface area (TPSA) is 62.7 Å². The molecule has 120 valence electrons. The van der Waals surface area contributed by atoms with Crippen molar-refractivity contribution < 1.29 is 18.8 Å². The van der Waals surface area contributed by atoms with E-state index in [4.69, 9.17) is 18.8 Å². The van der Waals surface area contributed by atoms with Crippen LogP contribution in [-0.4, -0.2) is 47.6 Å². The minimum atomic E-state index is -0.447. The summed E-state index contributed by atoms with van der Waals surface area (Å²) in [6.45, 7) is 9.39. The van der Waals surface area contributed by atoms with Crippen molar-refractivity contribution in [3.8, 4) is 6.01 Å². The molecular weight excluding hydrogens is 283 g/mol. The van der Waals surface area contributed by atoms with Crippen LogP contribution in [0.1, 0.15) is 40.5 Å². The Labute approximate surface area is 131 Å². The SMILES string of the molecule is CC1(C)OB(c2cnc(OCC3CCCO3)nc2)OC1(C)C. The van der Waals surface area contributed by atoms with Crippen LogP contribution in [-0.2, 0) is 14.0 Å². The van der Waals surface area contributed by atoms with Gasteiger partial charge in [0.05, 0.1) is 17.3 Å². The molecule has 1 unspecified atom stereocenters. The van der Waals surface area contributed by atoms with Gasteiger partial charge in [0.1, 0.15) is 6.61 Å². The number of hydrogen-bond donors (Lipinski definition) is 0. The first-order valence-corrected chi connectivity index (χ1v) is 7.79. The van der Waals surface area contributed by atoms with Gasteiger partial charge in [-0.3, -0.25) is 0 Å². The highest BCUT2D eigenvalue weighted by atomic mass is 16.7. The molecule has 7 heteroatoms. The van der Waals surface area contributed by atoms with Crippen molar-refractivity contribution in [2.45, 2.75) is 57.8 Å². The third-order valence-electron chi connectivity index (χ3n) is 4.60. The molecule has 0 aromatic carbocycles. The fourth-order valence-electron chi connectivity index (χ4n) is 2.44. The number of ether oxygens (including phenoxy) is 2. The highest BCUT2D eigenvalue weighted by Crippen LogP contribution is 2.36. The highest BCUT2D eigenvalue weighted by molar-refractivity contribution is 6.61. The molecule has 0 amide bonds. The molecule has 2 saturated heterocycles. The summed E-state index contributed by atoms with van der Waals surface area (Å²) in [6.07, 6.45) is 5.67. The molecule has 2 fully saturated rings. The van der Waals surface area contributed by atoms with Crippen LogP contribution in [0.5, 0.6) is 6.01 Å². The summed E-state index contributed by atoms with van der Waals surface area (Å²) in [5, 5.41) is 0. The van der Waals surface area contributed by atoms with Gasteiger partial charge in [-0.25, -0.2) is 9.97 Å². The second-order valence-electron chi connectivity index (χ2n) is 6.83. The van der Waals surface area contributed by atoms with E-state index < -0.39 is 7.12 Å². The molecule has 22 heavy (non-hydrogen) atoms. The number of hydrogen-bond acceptors (Lipinski definition) is 6. The van der Waals surface area contributed by atoms with E-state index in [9.17, 15) is 0 Å². The van der Waals surface area contributed by atoms with Crippen molar-refractivity contribution in [3.05, 3.63) is 12.4 Å². The second kappa shape index (κ2) is 5.79. The average Bonchev–Trinajstić information content (AvgIpc) is 3.04. The maximum absolute atomic E-state index is 5.97. The highest BCUT2D eigenvalue weighted by Gasteiger charge is 2.51. The monoisotopic (exact) mass is 306 g/mol. The van der Waals surface area contributed by atoms with Crippen molar-refractivity contribution in [1.29, 1.82) is 0 Å². The van der Waals surface area contributed by atoms with Crippen LogP contribution in [0.4, 0.5) is 0 Å². The molecule has 0 N–H and O–H groups in total. The number of aromatic nitrogens is 2. The fraction of sp³-hybridized carbons (Fsp3) is 0.733. The summed E-state index contributed by atoms with van der Waals surface area (Å²) < 4.78 is 23.0. The van der Waals surface area contributed by atoms with Gasteiger partial charge in [0.25, 0.3) is 0 Å². The van der Waals surface area contributed by atoms with E-state index in [2.05, 4.69) is 9.97 Å². The van der Waals surface area contributed by atoms with Gasteiger partial charge in [-0.2, -0.15) is 0 Å². The zero-order valence-corrected chi connectivity index (χ0v) is 13.7. The van der Waals surface area contributed by atoms with Crippen LogP contribution in [0, 0.1) is 0 Å². The smallest absolute Gasteiger partial charge is 0.461 e. The molecule has 2 aliphatic rings. The molecule has 3 rings (SSSR count). The van der Waals surface area contributed by atoms with Gasteiger partial charge in [-0.1, -0.05) is 0 Å². The Morgan fingerprint density at radius 2 is 1.82 bits per heavy atom. The Balaban J connectivity index is 1.60. The lowest BCUT2D eigenvalue weighted by molar-refractivity contribution is 0.00578. The molecule has 1 aromatic heterocycles. The van der Waals surface area contributed by atoms with Crippen molar-refractivity contribution in [1.82, 2.24) is 9.97 Å². The number of nitrogens with zero attached hydrogens (tertiary/aromatic N) is 2. The summed E-state index contributed by atoms with van der Waals surface area (Å²) in [5.41, 5.74) is 0.0577. The maximum Gasteiger partial charge on any atom is 0.498 e. The summed E-state index contributed by atoms with van der Waals surface area (Å²) in [7, 11) is -0.447. The number of rotatable bonds is 4. The van der Waals surface area contributed by atoms with Crippen molar-refractivity contribution in [3.63, 3.8) is 0 Å². The quantitative estimate of drug-likeness (QED) is 0.782. The third kappa shape index (κ3) is 3.11. The predicted octanol–water partition coefficient (Wildman–Crippen LogP) is 1.33. The zero-order chi connectivity index (χ0) is 15.8. The van der Waals surface area contributed by atoms with Gasteiger partial charge < -0.3 is 18.8 Å². The van der Waals surface area contributed by atoms with Crippen molar-refractivity contribution in [2.24, 2.45) is 0 Å². The molecule has 0 spiro atoms. The van der Waals surface area contributed by atoms with Crippen LogP contribution in [0.2, 0.25) is 0 Å². The largest absolute Gasteiger partial charge is 0.498 e. The fourth-order valence-corrected chi connectivity index (χ4v) is 2.44. The summed E-state index contributed by atoms with van der Waals surface area (Å²) in [4.78, 5) is 8.46. The minimum absolute atomic E-state index is 0.159. The van der Waals surface area contributed by atoms with Crippen molar-refractivity contribution >= 4 is 12.6 Å². The molecule has 2 aliphatic heterocycles. The molecule has 6 nitrogen and oxygen atoms in total. The van der Waals surface area contributed by atoms with Crippen molar-refractivity contribution in [2.75, 3.05) is 13.2 Å². The first-order chi connectivity index (χ1) is 10.4. The van der Waals surface area contributed by atoms with Gasteiger partial charge in [0.15, 0.2) is 0 Å². The van der Waals surface area contributed by atoms with E-state index in [1.165, 1.54) is 0 Å². The zero-order valence-electron chi connectivity index (χ0n) is 13.7. The Hall–Kier alpha value is -1.18.